The fourth-order valence-electron chi connectivity index (χ4n) is 2.18. The Morgan fingerprint density at radius 1 is 1.47 bits per heavy atom. The second kappa shape index (κ2) is 7.03. The first-order valence-corrected chi connectivity index (χ1v) is 7.32. The summed E-state index contributed by atoms with van der Waals surface area (Å²) in [4.78, 5) is 13.4. The van der Waals surface area contributed by atoms with E-state index in [2.05, 4.69) is 15.9 Å². The molecule has 1 aromatic carbocycles. The zero-order valence-corrected chi connectivity index (χ0v) is 12.6. The van der Waals surface area contributed by atoms with E-state index >= 15 is 0 Å². The van der Waals surface area contributed by atoms with E-state index in [0.29, 0.717) is 5.56 Å². The quantitative estimate of drug-likeness (QED) is 0.835. The van der Waals surface area contributed by atoms with Gasteiger partial charge >= 0.3 is 5.97 Å². The number of ether oxygens (including phenoxy) is 2. The van der Waals surface area contributed by atoms with Crippen LogP contribution in [0.3, 0.4) is 0 Å². The van der Waals surface area contributed by atoms with Crippen molar-refractivity contribution >= 4 is 21.9 Å². The Hall–Kier alpha value is -0.910. The zero-order valence-electron chi connectivity index (χ0n) is 11.0. The van der Waals surface area contributed by atoms with E-state index in [9.17, 15) is 4.79 Å². The average molecular weight is 329 g/mol. The number of hydrogen-bond acceptors (Lipinski definition) is 3. The van der Waals surface area contributed by atoms with Gasteiger partial charge < -0.3 is 14.4 Å². The van der Waals surface area contributed by atoms with Crippen LogP contribution in [-0.4, -0.2) is 44.9 Å². The van der Waals surface area contributed by atoms with Gasteiger partial charge in [-0.15, -0.1) is 0 Å². The number of benzene rings is 1. The summed E-state index contributed by atoms with van der Waals surface area (Å²) in [5, 5.41) is 0. The van der Waals surface area contributed by atoms with Gasteiger partial charge in [0.25, 0.3) is 0 Å². The van der Waals surface area contributed by atoms with Crippen molar-refractivity contribution in [3.63, 3.8) is 0 Å². The molecule has 2 rings (SSSR count). The van der Waals surface area contributed by atoms with Crippen LogP contribution in [0.2, 0.25) is 0 Å². The van der Waals surface area contributed by atoms with Gasteiger partial charge in [0.1, 0.15) is 25.7 Å². The molecule has 0 bridgehead atoms. The van der Waals surface area contributed by atoms with Gasteiger partial charge in [-0.05, 0) is 25.1 Å². The minimum Gasteiger partial charge on any atom is -0.453 e. The first kappa shape index (κ1) is 14.5. The normalized spacial score (nSPS) is 18.0. The molecule has 1 saturated heterocycles. The van der Waals surface area contributed by atoms with Gasteiger partial charge in [-0.1, -0.05) is 22.0 Å². The van der Waals surface area contributed by atoms with Gasteiger partial charge in [-0.25, -0.2) is 4.79 Å². The predicted octanol–water partition coefficient (Wildman–Crippen LogP) is 0.910. The number of carbonyl (C=O) groups is 1. The van der Waals surface area contributed by atoms with Crippen LogP contribution >= 0.6 is 15.9 Å². The molecule has 1 heterocycles. The van der Waals surface area contributed by atoms with Gasteiger partial charge in [0.05, 0.1) is 18.8 Å². The van der Waals surface area contributed by atoms with E-state index in [4.69, 9.17) is 9.47 Å². The zero-order chi connectivity index (χ0) is 13.7. The molecule has 1 aromatic rings. The molecule has 0 aliphatic carbocycles. The first-order chi connectivity index (χ1) is 9.15. The van der Waals surface area contributed by atoms with Crippen molar-refractivity contribution < 1.29 is 19.2 Å². The molecule has 4 nitrogen and oxygen atoms in total. The number of esters is 1. The third kappa shape index (κ3) is 4.60. The number of halogens is 1. The van der Waals surface area contributed by atoms with Crippen LogP contribution in [0.1, 0.15) is 17.3 Å². The average Bonchev–Trinajstić information content (AvgIpc) is 2.39. The molecule has 1 atom stereocenters. The number of hydrogen-bond donors (Lipinski definition) is 1. The summed E-state index contributed by atoms with van der Waals surface area (Å²) in [5.74, 6) is -0.263. The highest BCUT2D eigenvalue weighted by Crippen LogP contribution is 2.12. The highest BCUT2D eigenvalue weighted by Gasteiger charge is 2.20. The maximum Gasteiger partial charge on any atom is 0.338 e. The Bertz CT molecular complexity index is 432. The Morgan fingerprint density at radius 3 is 2.89 bits per heavy atom. The fourth-order valence-corrected chi connectivity index (χ4v) is 2.58. The van der Waals surface area contributed by atoms with Crippen LogP contribution in [0, 0.1) is 0 Å². The summed E-state index contributed by atoms with van der Waals surface area (Å²) < 4.78 is 11.7. The van der Waals surface area contributed by atoms with Gasteiger partial charge in [-0.2, -0.15) is 0 Å². The lowest BCUT2D eigenvalue weighted by molar-refractivity contribution is -0.910. The molecular weight excluding hydrogens is 310 g/mol. The van der Waals surface area contributed by atoms with E-state index in [0.717, 1.165) is 37.3 Å². The summed E-state index contributed by atoms with van der Waals surface area (Å²) in [6, 6.07) is 7.26. The Kier molecular flexibility index (Phi) is 5.36. The fraction of sp³-hybridized carbons (Fsp3) is 0.500. The molecule has 104 valence electrons. The van der Waals surface area contributed by atoms with Crippen LogP contribution < -0.4 is 4.90 Å². The molecule has 5 heteroatoms. The summed E-state index contributed by atoms with van der Waals surface area (Å²) in [6.45, 7) is 6.34. The Morgan fingerprint density at radius 2 is 2.21 bits per heavy atom. The summed E-state index contributed by atoms with van der Waals surface area (Å²) >= 11 is 3.35. The highest BCUT2D eigenvalue weighted by molar-refractivity contribution is 9.10. The second-order valence-electron chi connectivity index (χ2n) is 4.79. The third-order valence-corrected chi connectivity index (χ3v) is 3.64. The smallest absolute Gasteiger partial charge is 0.338 e. The van der Waals surface area contributed by atoms with Gasteiger partial charge in [0.2, 0.25) is 0 Å². The summed E-state index contributed by atoms with van der Waals surface area (Å²) in [6.07, 6.45) is -0.0837. The number of morpholine rings is 1. The molecule has 0 spiro atoms. The van der Waals surface area contributed by atoms with E-state index in [1.165, 1.54) is 4.90 Å². The molecule has 1 fully saturated rings. The van der Waals surface area contributed by atoms with Crippen molar-refractivity contribution in [1.82, 2.24) is 0 Å². The Labute approximate surface area is 121 Å². The molecule has 1 aliphatic rings. The van der Waals surface area contributed by atoms with E-state index < -0.39 is 0 Å². The topological polar surface area (TPSA) is 40.0 Å². The van der Waals surface area contributed by atoms with Crippen molar-refractivity contribution in [3.05, 3.63) is 34.3 Å². The van der Waals surface area contributed by atoms with Crippen molar-refractivity contribution in [1.29, 1.82) is 0 Å². The largest absolute Gasteiger partial charge is 0.453 e. The first-order valence-electron chi connectivity index (χ1n) is 6.53. The minimum atomic E-state index is -0.263. The third-order valence-electron chi connectivity index (χ3n) is 3.14. The van der Waals surface area contributed by atoms with Crippen LogP contribution in [0.5, 0.6) is 0 Å². The lowest BCUT2D eigenvalue weighted by atomic mass is 10.2. The van der Waals surface area contributed by atoms with Crippen molar-refractivity contribution in [3.8, 4) is 0 Å². The molecule has 0 unspecified atom stereocenters. The molecular formula is C14H19BrNO3+. The van der Waals surface area contributed by atoms with Crippen LogP contribution in [0.15, 0.2) is 28.7 Å². The summed E-state index contributed by atoms with van der Waals surface area (Å²) in [5.41, 5.74) is 0.582. The molecule has 0 saturated carbocycles. The van der Waals surface area contributed by atoms with Crippen LogP contribution in [-0.2, 0) is 9.47 Å². The molecule has 0 amide bonds. The molecule has 19 heavy (non-hydrogen) atoms. The van der Waals surface area contributed by atoms with Crippen molar-refractivity contribution in [2.45, 2.75) is 13.0 Å². The monoisotopic (exact) mass is 328 g/mol. The second-order valence-corrected chi connectivity index (χ2v) is 5.71. The standard InChI is InChI=1S/C14H18BrNO3/c1-11(10-16-5-7-18-8-6-16)19-14(17)12-3-2-4-13(15)9-12/h2-4,9,11H,5-8,10H2,1H3/p+1/t11-/m1/s1. The number of nitrogens with one attached hydrogen (secondary N) is 1. The predicted molar refractivity (Wildman–Crippen MR) is 75.4 cm³/mol. The molecule has 0 radical (unpaired) electrons. The van der Waals surface area contributed by atoms with Crippen LogP contribution in [0.25, 0.3) is 0 Å². The van der Waals surface area contributed by atoms with Crippen molar-refractivity contribution in [2.24, 2.45) is 0 Å². The highest BCUT2D eigenvalue weighted by atomic mass is 79.9. The van der Waals surface area contributed by atoms with E-state index in [1.807, 2.05) is 19.1 Å². The SMILES string of the molecule is C[C@H](C[NH+]1CCOCC1)OC(=O)c1cccc(Br)c1. The summed E-state index contributed by atoms with van der Waals surface area (Å²) in [7, 11) is 0. The van der Waals surface area contributed by atoms with E-state index in [1.54, 1.807) is 12.1 Å². The number of rotatable bonds is 4. The molecule has 1 aliphatic heterocycles. The van der Waals surface area contributed by atoms with Crippen LogP contribution in [0.4, 0.5) is 0 Å². The maximum atomic E-state index is 12.0. The number of carbonyl (C=O) groups excluding carboxylic acids is 1. The lowest BCUT2D eigenvalue weighted by Gasteiger charge is -2.26. The lowest BCUT2D eigenvalue weighted by Crippen LogP contribution is -3.15. The number of quaternary nitrogens is 1. The van der Waals surface area contributed by atoms with Gasteiger partial charge in [0, 0.05) is 4.47 Å². The molecule has 1 N–H and O–H groups in total. The maximum absolute atomic E-state index is 12.0. The van der Waals surface area contributed by atoms with Crippen molar-refractivity contribution in [2.75, 3.05) is 32.8 Å². The minimum absolute atomic E-state index is 0.0837. The van der Waals surface area contributed by atoms with E-state index in [-0.39, 0.29) is 12.1 Å². The Balaban J connectivity index is 1.84. The molecule has 0 aromatic heterocycles. The van der Waals surface area contributed by atoms with Gasteiger partial charge in [-0.3, -0.25) is 0 Å². The van der Waals surface area contributed by atoms with Gasteiger partial charge in [0.15, 0.2) is 0 Å².